The maximum atomic E-state index is 11.8. The molecule has 0 spiro atoms. The maximum absolute atomic E-state index is 11.8. The molecule has 1 aromatic rings. The summed E-state index contributed by atoms with van der Waals surface area (Å²) in [6.45, 7) is 2.12. The second-order valence-corrected chi connectivity index (χ2v) is 5.53. The van der Waals surface area contributed by atoms with Crippen molar-refractivity contribution in [3.05, 3.63) is 22.7 Å². The van der Waals surface area contributed by atoms with Crippen LogP contribution in [0.25, 0.3) is 0 Å². The van der Waals surface area contributed by atoms with Crippen LogP contribution in [0.3, 0.4) is 0 Å². The summed E-state index contributed by atoms with van der Waals surface area (Å²) in [5, 5.41) is 6.32. The van der Waals surface area contributed by atoms with Crippen molar-refractivity contribution in [2.75, 3.05) is 32.2 Å². The van der Waals surface area contributed by atoms with Crippen molar-refractivity contribution in [3.8, 4) is 5.75 Å². The van der Waals surface area contributed by atoms with Crippen LogP contribution < -0.4 is 15.4 Å². The van der Waals surface area contributed by atoms with E-state index in [1.54, 1.807) is 19.2 Å². The quantitative estimate of drug-likeness (QED) is 0.892. The van der Waals surface area contributed by atoms with Crippen LogP contribution in [0.4, 0.5) is 5.69 Å². The van der Waals surface area contributed by atoms with Gasteiger partial charge in [0.1, 0.15) is 11.8 Å². The van der Waals surface area contributed by atoms with Crippen molar-refractivity contribution < 1.29 is 14.3 Å². The van der Waals surface area contributed by atoms with Crippen LogP contribution in [0.1, 0.15) is 18.0 Å². The lowest BCUT2D eigenvalue weighted by atomic mass is 10.1. The molecule has 2 heterocycles. The maximum Gasteiger partial charge on any atom is 0.246 e. The molecule has 0 aromatic heterocycles. The number of benzene rings is 1. The molecular formula is C14H17ClN2O3. The zero-order valence-electron chi connectivity index (χ0n) is 11.2. The monoisotopic (exact) mass is 296 g/mol. The molecule has 6 heteroatoms. The third-order valence-electron chi connectivity index (χ3n) is 3.72. The van der Waals surface area contributed by atoms with Gasteiger partial charge in [-0.3, -0.25) is 4.79 Å². The van der Waals surface area contributed by atoms with Crippen LogP contribution in [0.5, 0.6) is 5.75 Å². The Morgan fingerprint density at radius 3 is 3.10 bits per heavy atom. The second kappa shape index (κ2) is 5.60. The summed E-state index contributed by atoms with van der Waals surface area (Å²) in [5.41, 5.74) is 1.62. The minimum absolute atomic E-state index is 0.0695. The first-order valence-electron chi connectivity index (χ1n) is 6.71. The molecular weight excluding hydrogens is 280 g/mol. The van der Waals surface area contributed by atoms with Crippen molar-refractivity contribution in [1.29, 1.82) is 0 Å². The number of ether oxygens (including phenoxy) is 2. The Labute approximate surface area is 122 Å². The molecule has 5 nitrogen and oxygen atoms in total. The predicted octanol–water partition coefficient (Wildman–Crippen LogP) is 1.97. The SMILES string of the molecule is CNC1C(=O)Nc2cc(OCC3CCOC3)c(Cl)cc21. The molecule has 0 radical (unpaired) electrons. The van der Waals surface area contributed by atoms with Gasteiger partial charge in [-0.05, 0) is 19.5 Å². The third-order valence-corrected chi connectivity index (χ3v) is 4.02. The zero-order valence-corrected chi connectivity index (χ0v) is 12.0. The second-order valence-electron chi connectivity index (χ2n) is 5.12. The van der Waals surface area contributed by atoms with Gasteiger partial charge in [0.25, 0.3) is 0 Å². The standard InChI is InChI=1S/C14H17ClN2O3/c1-16-13-9-4-10(15)12(5-11(9)17-14(13)18)20-7-8-2-3-19-6-8/h4-5,8,13,16H,2-3,6-7H2,1H3,(H,17,18). The first-order valence-corrected chi connectivity index (χ1v) is 7.09. The van der Waals surface area contributed by atoms with Crippen molar-refractivity contribution in [2.45, 2.75) is 12.5 Å². The number of nitrogens with one attached hydrogen (secondary N) is 2. The van der Waals surface area contributed by atoms with Gasteiger partial charge in [-0.15, -0.1) is 0 Å². The fourth-order valence-corrected chi connectivity index (χ4v) is 2.81. The topological polar surface area (TPSA) is 59.6 Å². The highest BCUT2D eigenvalue weighted by molar-refractivity contribution is 6.32. The number of hydrogen-bond donors (Lipinski definition) is 2. The molecule has 1 fully saturated rings. The molecule has 1 aromatic carbocycles. The molecule has 2 unspecified atom stereocenters. The minimum atomic E-state index is -0.347. The Bertz CT molecular complexity index is 529. The number of fused-ring (bicyclic) bond motifs is 1. The van der Waals surface area contributed by atoms with E-state index in [1.165, 1.54) is 0 Å². The Morgan fingerprint density at radius 1 is 1.55 bits per heavy atom. The first kappa shape index (κ1) is 13.7. The van der Waals surface area contributed by atoms with Crippen molar-refractivity contribution in [1.82, 2.24) is 5.32 Å². The van der Waals surface area contributed by atoms with Gasteiger partial charge in [-0.25, -0.2) is 0 Å². The normalized spacial score (nSPS) is 24.6. The van der Waals surface area contributed by atoms with Crippen LogP contribution in [0.2, 0.25) is 5.02 Å². The molecule has 1 amide bonds. The van der Waals surface area contributed by atoms with E-state index in [9.17, 15) is 4.79 Å². The van der Waals surface area contributed by atoms with Gasteiger partial charge in [0.2, 0.25) is 5.91 Å². The van der Waals surface area contributed by atoms with Crippen LogP contribution in [0.15, 0.2) is 12.1 Å². The summed E-state index contributed by atoms with van der Waals surface area (Å²) in [5.74, 6) is 0.952. The smallest absolute Gasteiger partial charge is 0.246 e. The summed E-state index contributed by atoms with van der Waals surface area (Å²) in [6, 6.07) is 3.24. The first-order chi connectivity index (χ1) is 9.69. The number of carbonyl (C=O) groups is 1. The van der Waals surface area contributed by atoms with Crippen molar-refractivity contribution >= 4 is 23.2 Å². The molecule has 2 atom stereocenters. The van der Waals surface area contributed by atoms with Crippen molar-refractivity contribution in [3.63, 3.8) is 0 Å². The molecule has 3 rings (SSSR count). The van der Waals surface area contributed by atoms with E-state index in [-0.39, 0.29) is 11.9 Å². The van der Waals surface area contributed by atoms with E-state index in [1.807, 2.05) is 0 Å². The molecule has 0 bridgehead atoms. The van der Waals surface area contributed by atoms with Crippen LogP contribution in [-0.4, -0.2) is 32.8 Å². The molecule has 2 aliphatic rings. The number of rotatable bonds is 4. The summed E-state index contributed by atoms with van der Waals surface area (Å²) in [4.78, 5) is 11.8. The van der Waals surface area contributed by atoms with Crippen LogP contribution >= 0.6 is 11.6 Å². The minimum Gasteiger partial charge on any atom is -0.492 e. The summed E-state index contributed by atoms with van der Waals surface area (Å²) >= 11 is 6.24. The average molecular weight is 297 g/mol. The lowest BCUT2D eigenvalue weighted by molar-refractivity contribution is -0.117. The van der Waals surface area contributed by atoms with Gasteiger partial charge in [0.05, 0.1) is 18.2 Å². The number of carbonyl (C=O) groups excluding carboxylic acids is 1. The molecule has 0 aliphatic carbocycles. The highest BCUT2D eigenvalue weighted by Crippen LogP contribution is 2.38. The number of anilines is 1. The molecule has 108 valence electrons. The van der Waals surface area contributed by atoms with E-state index < -0.39 is 0 Å². The average Bonchev–Trinajstić information content (AvgIpc) is 3.03. The predicted molar refractivity (Wildman–Crippen MR) is 76.3 cm³/mol. The van der Waals surface area contributed by atoms with E-state index in [2.05, 4.69) is 10.6 Å². The number of halogens is 1. The lowest BCUT2D eigenvalue weighted by Crippen LogP contribution is -2.23. The molecule has 20 heavy (non-hydrogen) atoms. The lowest BCUT2D eigenvalue weighted by Gasteiger charge is -2.13. The van der Waals surface area contributed by atoms with E-state index in [0.717, 1.165) is 30.9 Å². The number of amides is 1. The molecule has 1 saturated heterocycles. The molecule has 2 aliphatic heterocycles. The van der Waals surface area contributed by atoms with Gasteiger partial charge >= 0.3 is 0 Å². The zero-order chi connectivity index (χ0) is 14.1. The fraction of sp³-hybridized carbons (Fsp3) is 0.500. The van der Waals surface area contributed by atoms with Gasteiger partial charge in [-0.1, -0.05) is 11.6 Å². The Kier molecular flexibility index (Phi) is 3.83. The molecule has 0 saturated carbocycles. The van der Waals surface area contributed by atoms with Crippen LogP contribution in [0, 0.1) is 5.92 Å². The van der Waals surface area contributed by atoms with Crippen LogP contribution in [-0.2, 0) is 9.53 Å². The largest absolute Gasteiger partial charge is 0.492 e. The van der Waals surface area contributed by atoms with Gasteiger partial charge < -0.3 is 20.1 Å². The number of likely N-dealkylation sites (N-methyl/N-ethyl adjacent to an activating group) is 1. The molecule has 2 N–H and O–H groups in total. The summed E-state index contributed by atoms with van der Waals surface area (Å²) < 4.78 is 11.1. The van der Waals surface area contributed by atoms with E-state index >= 15 is 0 Å². The van der Waals surface area contributed by atoms with Gasteiger partial charge in [0, 0.05) is 29.8 Å². The van der Waals surface area contributed by atoms with Gasteiger partial charge in [0.15, 0.2) is 0 Å². The van der Waals surface area contributed by atoms with E-state index in [4.69, 9.17) is 21.1 Å². The highest BCUT2D eigenvalue weighted by Gasteiger charge is 2.30. The Morgan fingerprint density at radius 2 is 2.40 bits per heavy atom. The summed E-state index contributed by atoms with van der Waals surface area (Å²) in [6.07, 6.45) is 1.02. The van der Waals surface area contributed by atoms with Gasteiger partial charge in [-0.2, -0.15) is 0 Å². The fourth-order valence-electron chi connectivity index (χ4n) is 2.58. The van der Waals surface area contributed by atoms with E-state index in [0.29, 0.717) is 23.3 Å². The van der Waals surface area contributed by atoms with Crippen molar-refractivity contribution in [2.24, 2.45) is 5.92 Å². The Balaban J connectivity index is 1.76. The number of hydrogen-bond acceptors (Lipinski definition) is 4. The summed E-state index contributed by atoms with van der Waals surface area (Å²) in [7, 11) is 1.75. The Hall–Kier alpha value is -1.30. The third kappa shape index (κ3) is 2.49. The highest BCUT2D eigenvalue weighted by atomic mass is 35.5.